The molecule has 2 heteroatoms. The summed E-state index contributed by atoms with van der Waals surface area (Å²) in [6.07, 6.45) is 8.84. The van der Waals surface area contributed by atoms with Gasteiger partial charge in [0.25, 0.3) is 0 Å². The Morgan fingerprint density at radius 3 is 2.25 bits per heavy atom. The summed E-state index contributed by atoms with van der Waals surface area (Å²) >= 11 is -0.518. The molecule has 1 atom stereocenters. The van der Waals surface area contributed by atoms with E-state index in [4.69, 9.17) is 0 Å². The van der Waals surface area contributed by atoms with E-state index in [0.717, 1.165) is 12.2 Å². The number of rotatable bonds is 3. The van der Waals surface area contributed by atoms with Gasteiger partial charge in [-0.05, 0) is 32.1 Å². The van der Waals surface area contributed by atoms with Crippen molar-refractivity contribution >= 4 is 11.2 Å². The Bertz CT molecular complexity index is 108. The molecule has 0 N–H and O–H groups in total. The van der Waals surface area contributed by atoms with E-state index in [1.807, 2.05) is 0 Å². The first-order chi connectivity index (χ1) is 5.84. The van der Waals surface area contributed by atoms with Crippen LogP contribution in [-0.4, -0.2) is 15.6 Å². The Balaban J connectivity index is 2.27. The Morgan fingerprint density at radius 2 is 1.75 bits per heavy atom. The third kappa shape index (κ3) is 3.36. The standard InChI is InChI=1S/C10H20OS/c1-2-9-12(11)10-7-5-3-4-6-8-10/h10H,2-9H2,1H3. The van der Waals surface area contributed by atoms with Crippen molar-refractivity contribution in [1.82, 2.24) is 0 Å². The summed E-state index contributed by atoms with van der Waals surface area (Å²) in [7, 11) is 0. The van der Waals surface area contributed by atoms with E-state index in [2.05, 4.69) is 6.92 Å². The lowest BCUT2D eigenvalue weighted by Crippen LogP contribution is -2.23. The minimum absolute atomic E-state index is 0.518. The van der Waals surface area contributed by atoms with Crippen molar-refractivity contribution < 1.29 is 4.55 Å². The normalized spacial score (nSPS) is 23.5. The zero-order valence-corrected chi connectivity index (χ0v) is 8.87. The Hall–Kier alpha value is 0.310. The average Bonchev–Trinajstić information content (AvgIpc) is 2.32. The molecule has 0 amide bonds. The molecule has 1 rings (SSSR count). The molecule has 1 nitrogen and oxygen atoms in total. The van der Waals surface area contributed by atoms with Crippen LogP contribution in [0.3, 0.4) is 0 Å². The lowest BCUT2D eigenvalue weighted by atomic mass is 10.2. The van der Waals surface area contributed by atoms with E-state index in [1.54, 1.807) is 0 Å². The van der Waals surface area contributed by atoms with Crippen molar-refractivity contribution in [3.8, 4) is 0 Å². The fourth-order valence-corrected chi connectivity index (χ4v) is 3.47. The van der Waals surface area contributed by atoms with Gasteiger partial charge >= 0.3 is 0 Å². The maximum Gasteiger partial charge on any atom is 0.115 e. The molecule has 72 valence electrons. The van der Waals surface area contributed by atoms with Crippen LogP contribution < -0.4 is 0 Å². The van der Waals surface area contributed by atoms with Gasteiger partial charge in [0.05, 0.1) is 0 Å². The summed E-state index contributed by atoms with van der Waals surface area (Å²) in [6, 6.07) is 0. The van der Waals surface area contributed by atoms with Crippen LogP contribution in [0.1, 0.15) is 51.9 Å². The summed E-state index contributed by atoms with van der Waals surface area (Å²) in [5.41, 5.74) is 0. The summed E-state index contributed by atoms with van der Waals surface area (Å²) in [5, 5.41) is 0.535. The first-order valence-corrected chi connectivity index (χ1v) is 6.60. The topological polar surface area (TPSA) is 23.1 Å². The Labute approximate surface area is 79.1 Å². The maximum absolute atomic E-state index is 11.7. The molecule has 12 heavy (non-hydrogen) atoms. The molecule has 1 fully saturated rings. The molecule has 0 aromatic heterocycles. The van der Waals surface area contributed by atoms with Crippen LogP contribution in [0.2, 0.25) is 0 Å². The molecule has 0 aromatic rings. The van der Waals surface area contributed by atoms with Crippen LogP contribution in [0.5, 0.6) is 0 Å². The van der Waals surface area contributed by atoms with E-state index >= 15 is 0 Å². The monoisotopic (exact) mass is 188 g/mol. The van der Waals surface area contributed by atoms with Gasteiger partial charge in [-0.25, -0.2) is 0 Å². The van der Waals surface area contributed by atoms with Gasteiger partial charge in [0.2, 0.25) is 0 Å². The maximum atomic E-state index is 11.7. The van der Waals surface area contributed by atoms with Gasteiger partial charge < -0.3 is 4.55 Å². The molecule has 0 radical (unpaired) electrons. The number of hydrogen-bond donors (Lipinski definition) is 0. The molecule has 1 saturated carbocycles. The summed E-state index contributed by atoms with van der Waals surface area (Å²) in [6.45, 7) is 2.12. The van der Waals surface area contributed by atoms with Crippen molar-refractivity contribution in [2.75, 3.05) is 5.75 Å². The average molecular weight is 188 g/mol. The highest BCUT2D eigenvalue weighted by Gasteiger charge is 2.22. The molecule has 0 spiro atoms. The predicted octanol–water partition coefficient (Wildman–Crippen LogP) is 2.87. The minimum atomic E-state index is -0.518. The molecule has 0 saturated heterocycles. The second-order valence-electron chi connectivity index (χ2n) is 3.70. The predicted molar refractivity (Wildman–Crippen MR) is 54.8 cm³/mol. The summed E-state index contributed by atoms with van der Waals surface area (Å²) < 4.78 is 11.7. The number of hydrogen-bond acceptors (Lipinski definition) is 1. The molecular formula is C10H20OS. The highest BCUT2D eigenvalue weighted by atomic mass is 32.2. The third-order valence-corrected chi connectivity index (χ3v) is 4.60. The van der Waals surface area contributed by atoms with Crippen LogP contribution in [0, 0.1) is 0 Å². The highest BCUT2D eigenvalue weighted by molar-refractivity contribution is 7.92. The fraction of sp³-hybridized carbons (Fsp3) is 1.00. The van der Waals surface area contributed by atoms with Gasteiger partial charge in [-0.2, -0.15) is 0 Å². The van der Waals surface area contributed by atoms with E-state index < -0.39 is 11.2 Å². The van der Waals surface area contributed by atoms with Crippen molar-refractivity contribution in [2.45, 2.75) is 57.1 Å². The van der Waals surface area contributed by atoms with Crippen LogP contribution in [0.25, 0.3) is 0 Å². The smallest absolute Gasteiger partial charge is 0.115 e. The zero-order valence-electron chi connectivity index (χ0n) is 8.05. The third-order valence-electron chi connectivity index (χ3n) is 2.58. The second-order valence-corrected chi connectivity index (χ2v) is 5.53. The lowest BCUT2D eigenvalue weighted by Gasteiger charge is -2.19. The molecule has 0 aliphatic heterocycles. The second kappa shape index (κ2) is 5.87. The molecule has 0 bridgehead atoms. The van der Waals surface area contributed by atoms with Crippen molar-refractivity contribution in [1.29, 1.82) is 0 Å². The molecule has 0 aromatic carbocycles. The van der Waals surface area contributed by atoms with E-state index in [9.17, 15) is 4.55 Å². The van der Waals surface area contributed by atoms with Crippen molar-refractivity contribution in [3.63, 3.8) is 0 Å². The minimum Gasteiger partial charge on any atom is -0.616 e. The Kier molecular flexibility index (Phi) is 5.08. The largest absolute Gasteiger partial charge is 0.616 e. The zero-order chi connectivity index (χ0) is 8.81. The first kappa shape index (κ1) is 10.4. The molecule has 1 unspecified atom stereocenters. The van der Waals surface area contributed by atoms with Gasteiger partial charge in [0, 0.05) is 0 Å². The molecule has 1 aliphatic rings. The Morgan fingerprint density at radius 1 is 1.17 bits per heavy atom. The van der Waals surface area contributed by atoms with E-state index in [1.165, 1.54) is 38.5 Å². The van der Waals surface area contributed by atoms with Crippen LogP contribution in [0.4, 0.5) is 0 Å². The van der Waals surface area contributed by atoms with Gasteiger partial charge in [-0.3, -0.25) is 0 Å². The van der Waals surface area contributed by atoms with E-state index in [-0.39, 0.29) is 0 Å². The van der Waals surface area contributed by atoms with Crippen LogP contribution >= 0.6 is 0 Å². The summed E-state index contributed by atoms with van der Waals surface area (Å²) in [5.74, 6) is 0.921. The van der Waals surface area contributed by atoms with Crippen LogP contribution in [0.15, 0.2) is 0 Å². The van der Waals surface area contributed by atoms with E-state index in [0.29, 0.717) is 5.25 Å². The molecule has 1 aliphatic carbocycles. The SMILES string of the molecule is CCC[S+]([O-])C1CCCCCC1. The van der Waals surface area contributed by atoms with Gasteiger partial charge in [-0.15, -0.1) is 0 Å². The fourth-order valence-electron chi connectivity index (χ4n) is 1.87. The quantitative estimate of drug-likeness (QED) is 0.493. The summed E-state index contributed by atoms with van der Waals surface area (Å²) in [4.78, 5) is 0. The first-order valence-electron chi connectivity index (χ1n) is 5.21. The van der Waals surface area contributed by atoms with Gasteiger partial charge in [0.15, 0.2) is 0 Å². The van der Waals surface area contributed by atoms with Gasteiger partial charge in [0.1, 0.15) is 11.0 Å². The van der Waals surface area contributed by atoms with Crippen LogP contribution in [-0.2, 0) is 11.2 Å². The highest BCUT2D eigenvalue weighted by Crippen LogP contribution is 2.23. The van der Waals surface area contributed by atoms with Crippen molar-refractivity contribution in [2.24, 2.45) is 0 Å². The van der Waals surface area contributed by atoms with Crippen molar-refractivity contribution in [3.05, 3.63) is 0 Å². The van der Waals surface area contributed by atoms with Gasteiger partial charge in [-0.1, -0.05) is 30.9 Å². The molecular weight excluding hydrogens is 168 g/mol. The lowest BCUT2D eigenvalue weighted by molar-refractivity contribution is 0.561. The molecule has 0 heterocycles.